The molecule has 4 rings (SSSR count). The summed E-state index contributed by atoms with van der Waals surface area (Å²) in [5, 5.41) is 3.94. The van der Waals surface area contributed by atoms with Gasteiger partial charge in [-0.05, 0) is 50.6 Å². The van der Waals surface area contributed by atoms with Crippen molar-refractivity contribution in [2.75, 3.05) is 18.2 Å². The van der Waals surface area contributed by atoms with E-state index in [4.69, 9.17) is 15.2 Å². The Balaban J connectivity index is 1.79. The molecule has 0 saturated carbocycles. The molecule has 0 spiro atoms. The summed E-state index contributed by atoms with van der Waals surface area (Å²) >= 11 is 0. The Morgan fingerprint density at radius 3 is 2.65 bits per heavy atom. The minimum atomic E-state index is -4.48. The van der Waals surface area contributed by atoms with Gasteiger partial charge in [0, 0.05) is 23.1 Å². The van der Waals surface area contributed by atoms with Crippen molar-refractivity contribution in [1.82, 2.24) is 9.97 Å². The smallest absolute Gasteiger partial charge is 0.416 e. The van der Waals surface area contributed by atoms with Gasteiger partial charge < -0.3 is 20.5 Å². The number of aryl methyl sites for hydroxylation is 1. The minimum absolute atomic E-state index is 0.00631. The number of rotatable bonds is 4. The Bertz CT molecular complexity index is 1160. The molecule has 0 bridgehead atoms. The van der Waals surface area contributed by atoms with E-state index in [1.807, 2.05) is 6.92 Å². The van der Waals surface area contributed by atoms with Crippen LogP contribution in [0.3, 0.4) is 0 Å². The number of anilines is 2. The first-order valence-electron chi connectivity index (χ1n) is 9.86. The number of benzene rings is 2. The third kappa shape index (κ3) is 3.92. The Labute approximate surface area is 177 Å². The number of hydrogen-bond donors (Lipinski definition) is 2. The topological polar surface area (TPSA) is 82.3 Å². The number of methoxy groups -OCH3 is 1. The van der Waals surface area contributed by atoms with Gasteiger partial charge in [0.1, 0.15) is 17.7 Å². The summed E-state index contributed by atoms with van der Waals surface area (Å²) in [7, 11) is 1.56. The van der Waals surface area contributed by atoms with E-state index < -0.39 is 17.8 Å². The van der Waals surface area contributed by atoms with Crippen LogP contribution in [-0.4, -0.2) is 23.2 Å². The van der Waals surface area contributed by atoms with Gasteiger partial charge in [0.25, 0.3) is 0 Å². The van der Waals surface area contributed by atoms with E-state index in [2.05, 4.69) is 15.3 Å². The molecule has 0 aliphatic carbocycles. The van der Waals surface area contributed by atoms with Crippen LogP contribution < -0.4 is 20.5 Å². The first-order valence-corrected chi connectivity index (χ1v) is 9.86. The van der Waals surface area contributed by atoms with Gasteiger partial charge in [0.05, 0.1) is 24.2 Å². The molecule has 1 aromatic heterocycles. The lowest BCUT2D eigenvalue weighted by Gasteiger charge is -2.20. The number of halogens is 3. The summed E-state index contributed by atoms with van der Waals surface area (Å²) in [4.78, 5) is 9.11. The largest absolute Gasteiger partial charge is 0.493 e. The van der Waals surface area contributed by atoms with Gasteiger partial charge in [-0.2, -0.15) is 13.2 Å². The molecule has 1 unspecified atom stereocenters. The number of fused-ring (bicyclic) bond motifs is 3. The Hall–Kier alpha value is -3.23. The van der Waals surface area contributed by atoms with Gasteiger partial charge in [-0.25, -0.2) is 9.97 Å². The maximum atomic E-state index is 13.2. The van der Waals surface area contributed by atoms with Crippen LogP contribution in [0.25, 0.3) is 10.9 Å². The van der Waals surface area contributed by atoms with Gasteiger partial charge in [-0.15, -0.1) is 0 Å². The molecule has 31 heavy (non-hydrogen) atoms. The summed E-state index contributed by atoms with van der Waals surface area (Å²) in [6.07, 6.45) is -3.81. The van der Waals surface area contributed by atoms with Crippen molar-refractivity contribution >= 4 is 22.4 Å². The zero-order valence-electron chi connectivity index (χ0n) is 17.6. The van der Waals surface area contributed by atoms with E-state index in [0.717, 1.165) is 23.2 Å². The van der Waals surface area contributed by atoms with Crippen LogP contribution in [0, 0.1) is 6.92 Å². The number of nitrogens with one attached hydrogen (secondary N) is 1. The standard InChI is InChI=1S/C22H23F3N4O2/c1-10-5-16-19-17(9-18(30-4)20(16)31-10)21(29-12(3)28-19)27-11(2)13-6-14(22(23,24)25)8-15(26)7-13/h6-11H,5,26H2,1-4H3,(H,27,28,29)/t10?,11-/m1/s1. The van der Waals surface area contributed by atoms with Crippen LogP contribution in [0.15, 0.2) is 24.3 Å². The molecule has 1 aliphatic heterocycles. The SMILES string of the molecule is COc1cc2c(N[C@H](C)c3cc(N)cc(C(F)(F)F)c3)nc(C)nc2c2c1OC(C)C2. The van der Waals surface area contributed by atoms with Gasteiger partial charge in [-0.3, -0.25) is 0 Å². The molecule has 164 valence electrons. The second kappa shape index (κ2) is 7.47. The van der Waals surface area contributed by atoms with Gasteiger partial charge >= 0.3 is 6.18 Å². The molecule has 0 radical (unpaired) electrons. The van der Waals surface area contributed by atoms with Crippen LogP contribution in [0.5, 0.6) is 11.5 Å². The van der Waals surface area contributed by atoms with Crippen LogP contribution in [0.1, 0.15) is 42.4 Å². The molecule has 0 fully saturated rings. The fourth-order valence-electron chi connectivity index (χ4n) is 3.89. The highest BCUT2D eigenvalue weighted by molar-refractivity contribution is 5.95. The quantitative estimate of drug-likeness (QED) is 0.562. The highest BCUT2D eigenvalue weighted by Gasteiger charge is 2.32. The van der Waals surface area contributed by atoms with E-state index in [0.29, 0.717) is 40.5 Å². The van der Waals surface area contributed by atoms with E-state index >= 15 is 0 Å². The predicted molar refractivity (Wildman–Crippen MR) is 113 cm³/mol. The molecule has 2 aromatic carbocycles. The zero-order valence-corrected chi connectivity index (χ0v) is 17.6. The fraction of sp³-hybridized carbons (Fsp3) is 0.364. The molecule has 2 atom stereocenters. The Morgan fingerprint density at radius 2 is 1.97 bits per heavy atom. The molecular weight excluding hydrogens is 409 g/mol. The second-order valence-corrected chi connectivity index (χ2v) is 7.79. The Morgan fingerprint density at radius 1 is 1.23 bits per heavy atom. The van der Waals surface area contributed by atoms with E-state index in [-0.39, 0.29) is 11.8 Å². The zero-order chi connectivity index (χ0) is 22.5. The third-order valence-electron chi connectivity index (χ3n) is 5.31. The van der Waals surface area contributed by atoms with Crippen molar-refractivity contribution in [2.24, 2.45) is 0 Å². The molecule has 3 N–H and O–H groups in total. The monoisotopic (exact) mass is 432 g/mol. The summed E-state index contributed by atoms with van der Waals surface area (Å²) in [6, 6.07) is 4.85. The number of hydrogen-bond acceptors (Lipinski definition) is 6. The molecule has 3 aromatic rings. The molecule has 0 amide bonds. The van der Waals surface area contributed by atoms with Crippen molar-refractivity contribution in [2.45, 2.75) is 45.5 Å². The van der Waals surface area contributed by atoms with Gasteiger partial charge in [-0.1, -0.05) is 0 Å². The van der Waals surface area contributed by atoms with Gasteiger partial charge in [0.15, 0.2) is 11.5 Å². The lowest BCUT2D eigenvalue weighted by molar-refractivity contribution is -0.137. The molecule has 1 aliphatic rings. The van der Waals surface area contributed by atoms with Crippen LogP contribution in [0.2, 0.25) is 0 Å². The highest BCUT2D eigenvalue weighted by Crippen LogP contribution is 2.44. The number of nitrogen functional groups attached to an aromatic ring is 1. The fourth-order valence-corrected chi connectivity index (χ4v) is 3.89. The lowest BCUT2D eigenvalue weighted by Crippen LogP contribution is -2.13. The molecule has 0 saturated heterocycles. The summed E-state index contributed by atoms with van der Waals surface area (Å²) in [5.41, 5.74) is 7.08. The molecule has 2 heterocycles. The number of aromatic nitrogens is 2. The van der Waals surface area contributed by atoms with E-state index in [1.54, 1.807) is 27.0 Å². The first kappa shape index (κ1) is 21.0. The molecular formula is C22H23F3N4O2. The summed E-state index contributed by atoms with van der Waals surface area (Å²) in [6.45, 7) is 5.50. The number of nitrogens with zero attached hydrogens (tertiary/aromatic N) is 2. The summed E-state index contributed by atoms with van der Waals surface area (Å²) < 4.78 is 51.1. The number of alkyl halides is 3. The van der Waals surface area contributed by atoms with Crippen LogP contribution >= 0.6 is 0 Å². The highest BCUT2D eigenvalue weighted by atomic mass is 19.4. The van der Waals surface area contributed by atoms with Crippen molar-refractivity contribution in [3.05, 3.63) is 46.8 Å². The van der Waals surface area contributed by atoms with Crippen molar-refractivity contribution < 1.29 is 22.6 Å². The van der Waals surface area contributed by atoms with Gasteiger partial charge in [0.2, 0.25) is 0 Å². The molecule has 6 nitrogen and oxygen atoms in total. The number of nitrogens with two attached hydrogens (primary N) is 1. The number of ether oxygens (including phenoxy) is 2. The molecule has 9 heteroatoms. The Kier molecular flexibility index (Phi) is 5.07. The second-order valence-electron chi connectivity index (χ2n) is 7.79. The van der Waals surface area contributed by atoms with Crippen molar-refractivity contribution in [1.29, 1.82) is 0 Å². The van der Waals surface area contributed by atoms with Crippen LogP contribution in [0.4, 0.5) is 24.7 Å². The van der Waals surface area contributed by atoms with Crippen molar-refractivity contribution in [3.8, 4) is 11.5 Å². The third-order valence-corrected chi connectivity index (χ3v) is 5.31. The lowest BCUT2D eigenvalue weighted by atomic mass is 10.0. The first-order chi connectivity index (χ1) is 14.6. The average molecular weight is 432 g/mol. The maximum absolute atomic E-state index is 13.2. The average Bonchev–Trinajstić information content (AvgIpc) is 3.08. The van der Waals surface area contributed by atoms with E-state index in [1.165, 1.54) is 6.07 Å². The predicted octanol–water partition coefficient (Wildman–Crippen LogP) is 5.04. The van der Waals surface area contributed by atoms with Crippen molar-refractivity contribution in [3.63, 3.8) is 0 Å². The maximum Gasteiger partial charge on any atom is 0.416 e. The normalized spacial score (nSPS) is 16.7. The minimum Gasteiger partial charge on any atom is -0.493 e. The van der Waals surface area contributed by atoms with Crippen LogP contribution in [-0.2, 0) is 12.6 Å². The van der Waals surface area contributed by atoms with E-state index in [9.17, 15) is 13.2 Å². The summed E-state index contributed by atoms with van der Waals surface area (Å²) in [5.74, 6) is 2.29.